The normalized spacial score (nSPS) is 16.7. The van der Waals surface area contributed by atoms with Crippen molar-refractivity contribution >= 4 is 11.1 Å². The van der Waals surface area contributed by atoms with E-state index in [2.05, 4.69) is 182 Å². The molecule has 7 aromatic carbocycles. The van der Waals surface area contributed by atoms with Crippen molar-refractivity contribution in [3.05, 3.63) is 256 Å². The summed E-state index contributed by atoms with van der Waals surface area (Å²) in [6, 6.07) is 60.5. The highest BCUT2D eigenvalue weighted by Crippen LogP contribution is 2.43. The van der Waals surface area contributed by atoms with Crippen LogP contribution in [0, 0.1) is 0 Å². The predicted octanol–water partition coefficient (Wildman–Crippen LogP) is 12.1. The molecular weight excluding hydrogens is 747 g/mol. The highest BCUT2D eigenvalue weighted by atomic mass is 16.2. The van der Waals surface area contributed by atoms with Gasteiger partial charge in [-0.2, -0.15) is 0 Å². The highest BCUT2D eigenvalue weighted by Gasteiger charge is 2.37. The van der Waals surface area contributed by atoms with Crippen molar-refractivity contribution in [2.45, 2.75) is 12.1 Å². The second-order valence-corrected chi connectivity index (χ2v) is 16.1. The fraction of sp³-hybridized carbons (Fsp3) is 0.0357. The third kappa shape index (κ3) is 5.77. The van der Waals surface area contributed by atoms with E-state index in [1.165, 1.54) is 37.9 Å². The molecule has 0 amide bonds. The minimum Gasteiger partial charge on any atom is -0.245 e. The van der Waals surface area contributed by atoms with Crippen LogP contribution in [0.2, 0.25) is 0 Å². The zero-order valence-corrected chi connectivity index (χ0v) is 33.0. The zero-order chi connectivity index (χ0) is 40.6. The minimum atomic E-state index is -0.476. The molecule has 0 radical (unpaired) electrons. The van der Waals surface area contributed by atoms with Gasteiger partial charge in [-0.1, -0.05) is 188 Å². The Bertz CT molecular complexity index is 3110. The first kappa shape index (κ1) is 35.0. The van der Waals surface area contributed by atoms with Crippen LogP contribution in [0.1, 0.15) is 23.2 Å². The van der Waals surface area contributed by atoms with Crippen LogP contribution in [0.25, 0.3) is 72.5 Å². The fourth-order valence-electron chi connectivity index (χ4n) is 9.42. The van der Waals surface area contributed by atoms with Crippen molar-refractivity contribution in [2.24, 2.45) is 0 Å². The maximum absolute atomic E-state index is 14.5. The summed E-state index contributed by atoms with van der Waals surface area (Å²) in [4.78, 5) is 29.1. The van der Waals surface area contributed by atoms with E-state index in [0.29, 0.717) is 5.69 Å². The Morgan fingerprint density at radius 2 is 0.557 bits per heavy atom. The molecule has 0 unspecified atom stereocenters. The summed E-state index contributed by atoms with van der Waals surface area (Å²) >= 11 is 0. The van der Waals surface area contributed by atoms with Gasteiger partial charge in [0.15, 0.2) is 0 Å². The van der Waals surface area contributed by atoms with Gasteiger partial charge in [-0.05, 0) is 113 Å². The smallest absolute Gasteiger partial charge is 0.245 e. The Kier molecular flexibility index (Phi) is 7.91. The van der Waals surface area contributed by atoms with Gasteiger partial charge in [0, 0.05) is 0 Å². The van der Waals surface area contributed by atoms with Crippen molar-refractivity contribution in [3.63, 3.8) is 0 Å². The van der Waals surface area contributed by atoms with Crippen LogP contribution in [0.5, 0.6) is 0 Å². The fourth-order valence-corrected chi connectivity index (χ4v) is 9.42. The number of hydrogen-bond donors (Lipinski definition) is 0. The average Bonchev–Trinajstić information content (AvgIpc) is 3.61. The van der Waals surface area contributed by atoms with Crippen molar-refractivity contribution in [1.29, 1.82) is 0 Å². The number of para-hydroxylation sites is 1. The molecule has 18 bridgehead atoms. The molecule has 17 aliphatic carbocycles. The lowest BCUT2D eigenvalue weighted by molar-refractivity contribution is 0.394. The van der Waals surface area contributed by atoms with Gasteiger partial charge in [0.25, 0.3) is 0 Å². The Morgan fingerprint density at radius 3 is 0.836 bits per heavy atom. The molecule has 0 spiro atoms. The number of hydrogen-bond acceptors (Lipinski definition) is 2. The number of allylic oxidation sites excluding steroid dienone is 10. The lowest BCUT2D eigenvalue weighted by Crippen LogP contribution is -2.39. The van der Waals surface area contributed by atoms with Gasteiger partial charge in [-0.15, -0.1) is 0 Å². The topological polar surface area (TPSA) is 48.9 Å². The first-order valence-corrected chi connectivity index (χ1v) is 20.7. The molecule has 288 valence electrons. The van der Waals surface area contributed by atoms with E-state index in [4.69, 9.17) is 0 Å². The number of benzene rings is 7. The Morgan fingerprint density at radius 1 is 0.295 bits per heavy atom. The SMILES string of the molecule is O=c1n(-c2ccccc2)c(=O)n2n1[C@@H]1C=C3C=CC1=C1C=CC(=C[C@@H]12)c1ccc(cc1)-c1ccc(cc1)-c1ccc(cc1)-c1ccc(cc1)-c1ccc(cc1)-c1ccc3cc1. The van der Waals surface area contributed by atoms with Crippen LogP contribution in [-0.4, -0.2) is 13.9 Å². The Hall–Kier alpha value is -8.02. The summed E-state index contributed by atoms with van der Waals surface area (Å²) in [5.41, 5.74) is 17.4. The third-order valence-electron chi connectivity index (χ3n) is 12.7. The van der Waals surface area contributed by atoms with Crippen LogP contribution >= 0.6 is 0 Å². The van der Waals surface area contributed by atoms with Gasteiger partial charge < -0.3 is 0 Å². The summed E-state index contributed by atoms with van der Waals surface area (Å²) in [6.07, 6.45) is 12.8. The molecule has 10 aliphatic heterocycles. The number of nitrogens with zero attached hydrogens (tertiary/aromatic N) is 3. The van der Waals surface area contributed by atoms with Gasteiger partial charge in [0.05, 0.1) is 17.8 Å². The van der Waals surface area contributed by atoms with Gasteiger partial charge in [0.1, 0.15) is 0 Å². The van der Waals surface area contributed by atoms with E-state index in [1.54, 1.807) is 9.36 Å². The maximum atomic E-state index is 14.5. The number of rotatable bonds is 1. The predicted molar refractivity (Wildman–Crippen MR) is 247 cm³/mol. The van der Waals surface area contributed by atoms with Gasteiger partial charge in [0.2, 0.25) is 0 Å². The number of aromatic nitrogens is 3. The molecule has 8 aromatic rings. The second-order valence-electron chi connectivity index (χ2n) is 16.1. The lowest BCUT2D eigenvalue weighted by atomic mass is 9.83. The van der Waals surface area contributed by atoms with Crippen LogP contribution in [0.4, 0.5) is 0 Å². The second kappa shape index (κ2) is 13.8. The largest absolute Gasteiger partial charge is 0.352 e. The monoisotopic (exact) mass is 783 g/mol. The first-order chi connectivity index (χ1) is 30.0. The molecule has 0 N–H and O–H groups in total. The molecule has 2 atom stereocenters. The van der Waals surface area contributed by atoms with Gasteiger partial charge >= 0.3 is 11.4 Å². The lowest BCUT2D eigenvalue weighted by Gasteiger charge is -2.35. The van der Waals surface area contributed by atoms with E-state index in [0.717, 1.165) is 55.7 Å². The quantitative estimate of drug-likeness (QED) is 0.166. The van der Waals surface area contributed by atoms with Crippen molar-refractivity contribution in [1.82, 2.24) is 13.9 Å². The summed E-state index contributed by atoms with van der Waals surface area (Å²) in [7, 11) is 0. The van der Waals surface area contributed by atoms with Crippen molar-refractivity contribution < 1.29 is 0 Å². The first-order valence-electron chi connectivity index (χ1n) is 20.7. The molecule has 11 heterocycles. The van der Waals surface area contributed by atoms with Crippen LogP contribution in [-0.2, 0) is 0 Å². The molecular formula is C56H37N3O2. The standard InChI is InChI=1S/C56H37N3O2/c60-55-57(50-4-2-1-3-5-50)56(61)59-54-35-49-31-33-52(54)51-32-30-48(34-53(51)58(55)59)46-26-22-44(23-27-46)42-18-14-40(15-19-42)38-10-6-36(7-11-38)37-8-12-39(13-9-37)41-16-20-43(21-17-41)45-24-28-47(49)29-25-45/h1-35,53-54H/t53-,54+. The summed E-state index contributed by atoms with van der Waals surface area (Å²) in [5, 5.41) is 0. The molecule has 27 aliphatic rings. The minimum absolute atomic E-state index is 0.368. The van der Waals surface area contributed by atoms with E-state index in [1.807, 2.05) is 30.3 Å². The summed E-state index contributed by atoms with van der Waals surface area (Å²) in [5.74, 6) is 0. The molecule has 1 aromatic heterocycles. The van der Waals surface area contributed by atoms with Crippen molar-refractivity contribution in [2.75, 3.05) is 0 Å². The van der Waals surface area contributed by atoms with E-state index in [9.17, 15) is 9.59 Å². The average molecular weight is 784 g/mol. The summed E-state index contributed by atoms with van der Waals surface area (Å²) in [6.45, 7) is 0. The van der Waals surface area contributed by atoms with Gasteiger partial charge in [-0.3, -0.25) is 0 Å². The Labute approximate surface area is 352 Å². The highest BCUT2D eigenvalue weighted by molar-refractivity contribution is 5.83. The molecule has 0 saturated carbocycles. The van der Waals surface area contributed by atoms with Gasteiger partial charge in [-0.25, -0.2) is 23.5 Å². The van der Waals surface area contributed by atoms with Crippen LogP contribution in [0.15, 0.2) is 233 Å². The summed E-state index contributed by atoms with van der Waals surface area (Å²) < 4.78 is 4.61. The molecule has 0 fully saturated rings. The molecule has 5 nitrogen and oxygen atoms in total. The molecule has 0 saturated heterocycles. The zero-order valence-electron chi connectivity index (χ0n) is 33.0. The van der Waals surface area contributed by atoms with Crippen molar-refractivity contribution in [3.8, 4) is 61.3 Å². The van der Waals surface area contributed by atoms with Crippen LogP contribution < -0.4 is 11.4 Å². The molecule has 5 heteroatoms. The van der Waals surface area contributed by atoms with E-state index < -0.39 is 12.1 Å². The van der Waals surface area contributed by atoms with Crippen LogP contribution in [0.3, 0.4) is 0 Å². The molecule has 35 rings (SSSR count). The maximum Gasteiger partial charge on any atom is 0.352 e. The third-order valence-corrected chi connectivity index (χ3v) is 12.7. The van der Waals surface area contributed by atoms with E-state index in [-0.39, 0.29) is 11.4 Å². The van der Waals surface area contributed by atoms with E-state index >= 15 is 0 Å². The Balaban J connectivity index is 0.998. The molecule has 61 heavy (non-hydrogen) atoms.